The molecule has 0 saturated carbocycles. The van der Waals surface area contributed by atoms with Crippen molar-refractivity contribution >= 4 is 17.7 Å². The molecule has 1 atom stereocenters. The van der Waals surface area contributed by atoms with Crippen LogP contribution in [0.15, 0.2) is 48.5 Å². The fourth-order valence-electron chi connectivity index (χ4n) is 3.88. The summed E-state index contributed by atoms with van der Waals surface area (Å²) in [5.41, 5.74) is 1.51. The summed E-state index contributed by atoms with van der Waals surface area (Å²) >= 11 is 0. The van der Waals surface area contributed by atoms with Gasteiger partial charge in [0.2, 0.25) is 5.91 Å². The Morgan fingerprint density at radius 1 is 0.963 bits per heavy atom. The number of carbonyl (C=O) groups is 3. The topological polar surface area (TPSA) is 57.7 Å². The van der Waals surface area contributed by atoms with E-state index in [1.807, 2.05) is 0 Å². The van der Waals surface area contributed by atoms with Gasteiger partial charge in [0.1, 0.15) is 5.82 Å². The van der Waals surface area contributed by atoms with Crippen molar-refractivity contribution in [2.24, 2.45) is 0 Å². The van der Waals surface area contributed by atoms with Crippen molar-refractivity contribution in [2.45, 2.75) is 25.3 Å². The number of hydrogen-bond acceptors (Lipinski definition) is 3. The van der Waals surface area contributed by atoms with Crippen LogP contribution in [0.1, 0.15) is 39.1 Å². The molecule has 0 bridgehead atoms. The minimum Gasteiger partial charge on any atom is -0.338 e. The summed E-state index contributed by atoms with van der Waals surface area (Å²) in [7, 11) is 0. The van der Waals surface area contributed by atoms with Gasteiger partial charge >= 0.3 is 0 Å². The number of rotatable bonds is 5. The maximum Gasteiger partial charge on any atom is 0.261 e. The number of amides is 3. The van der Waals surface area contributed by atoms with Crippen LogP contribution in [0.3, 0.4) is 0 Å². The van der Waals surface area contributed by atoms with Crippen molar-refractivity contribution in [1.29, 1.82) is 0 Å². The van der Waals surface area contributed by atoms with Crippen molar-refractivity contribution < 1.29 is 18.8 Å². The Labute approximate surface area is 156 Å². The molecule has 0 aliphatic carbocycles. The first-order valence-corrected chi connectivity index (χ1v) is 9.04. The van der Waals surface area contributed by atoms with Gasteiger partial charge in [0.15, 0.2) is 0 Å². The number of hydrogen-bond donors (Lipinski definition) is 0. The maximum absolute atomic E-state index is 13.6. The first-order chi connectivity index (χ1) is 13.0. The standard InChI is InChI=1S/C21H19FN2O3/c22-15-6-3-5-14(11-15)12-16(23-10-4-9-19(23)25)13-24-20(26)17-7-1-2-8-18(17)21(24)27/h1-3,5-8,11,16H,4,9-10,12-13H2/t16-/m0/s1. The Morgan fingerprint density at radius 2 is 1.67 bits per heavy atom. The van der Waals surface area contributed by atoms with E-state index in [0.717, 1.165) is 12.0 Å². The van der Waals surface area contributed by atoms with Gasteiger partial charge < -0.3 is 4.90 Å². The van der Waals surface area contributed by atoms with Crippen molar-refractivity contribution in [3.8, 4) is 0 Å². The van der Waals surface area contributed by atoms with Crippen LogP contribution in [0.25, 0.3) is 0 Å². The van der Waals surface area contributed by atoms with Crippen LogP contribution < -0.4 is 0 Å². The normalized spacial score (nSPS) is 17.6. The third-order valence-corrected chi connectivity index (χ3v) is 5.18. The van der Waals surface area contributed by atoms with E-state index >= 15 is 0 Å². The first-order valence-electron chi connectivity index (χ1n) is 9.04. The highest BCUT2D eigenvalue weighted by Crippen LogP contribution is 2.25. The summed E-state index contributed by atoms with van der Waals surface area (Å²) in [6, 6.07) is 12.6. The SMILES string of the molecule is O=C1c2ccccc2C(=O)N1C[C@H](Cc1cccc(F)c1)N1CCCC1=O. The van der Waals surface area contributed by atoms with E-state index in [1.165, 1.54) is 17.0 Å². The molecule has 27 heavy (non-hydrogen) atoms. The van der Waals surface area contributed by atoms with Gasteiger partial charge in [-0.3, -0.25) is 19.3 Å². The molecular formula is C21H19FN2O3. The quantitative estimate of drug-likeness (QED) is 0.765. The lowest BCUT2D eigenvalue weighted by atomic mass is 10.0. The summed E-state index contributed by atoms with van der Waals surface area (Å²) in [6.07, 6.45) is 1.60. The van der Waals surface area contributed by atoms with Crippen LogP contribution in [-0.2, 0) is 11.2 Å². The second-order valence-electron chi connectivity index (χ2n) is 6.95. The van der Waals surface area contributed by atoms with Crippen LogP contribution in [0, 0.1) is 5.82 Å². The maximum atomic E-state index is 13.6. The third-order valence-electron chi connectivity index (χ3n) is 5.18. The highest BCUT2D eigenvalue weighted by molar-refractivity contribution is 6.21. The van der Waals surface area contributed by atoms with Crippen molar-refractivity contribution in [3.05, 3.63) is 71.0 Å². The van der Waals surface area contributed by atoms with Gasteiger partial charge in [0.25, 0.3) is 11.8 Å². The van der Waals surface area contributed by atoms with E-state index < -0.39 is 0 Å². The number of benzene rings is 2. The zero-order valence-electron chi connectivity index (χ0n) is 14.7. The average Bonchev–Trinajstić information content (AvgIpc) is 3.18. The second kappa shape index (κ2) is 6.95. The molecule has 2 aromatic carbocycles. The molecule has 5 nitrogen and oxygen atoms in total. The predicted molar refractivity (Wildman–Crippen MR) is 96.6 cm³/mol. The van der Waals surface area contributed by atoms with Gasteiger partial charge in [-0.05, 0) is 42.7 Å². The van der Waals surface area contributed by atoms with Crippen LogP contribution in [0.2, 0.25) is 0 Å². The molecule has 1 saturated heterocycles. The molecule has 2 aliphatic rings. The van der Waals surface area contributed by atoms with Gasteiger partial charge in [-0.2, -0.15) is 0 Å². The lowest BCUT2D eigenvalue weighted by molar-refractivity contribution is -0.129. The smallest absolute Gasteiger partial charge is 0.261 e. The van der Waals surface area contributed by atoms with E-state index in [4.69, 9.17) is 0 Å². The number of imide groups is 1. The number of nitrogens with zero attached hydrogens (tertiary/aromatic N) is 2. The summed E-state index contributed by atoms with van der Waals surface area (Å²) in [4.78, 5) is 40.6. The van der Waals surface area contributed by atoms with Gasteiger partial charge in [0, 0.05) is 13.0 Å². The van der Waals surface area contributed by atoms with Gasteiger partial charge in [-0.1, -0.05) is 24.3 Å². The molecule has 2 heterocycles. The van der Waals surface area contributed by atoms with E-state index in [-0.39, 0.29) is 36.1 Å². The van der Waals surface area contributed by atoms with Gasteiger partial charge in [0.05, 0.1) is 23.7 Å². The average molecular weight is 366 g/mol. The summed E-state index contributed by atoms with van der Waals surface area (Å²) in [5.74, 6) is -1.02. The Morgan fingerprint density at radius 3 is 2.26 bits per heavy atom. The Hall–Kier alpha value is -3.02. The highest BCUT2D eigenvalue weighted by Gasteiger charge is 2.38. The van der Waals surface area contributed by atoms with Crippen molar-refractivity contribution in [2.75, 3.05) is 13.1 Å². The molecule has 138 valence electrons. The molecule has 0 aromatic heterocycles. The van der Waals surface area contributed by atoms with Crippen LogP contribution in [0.4, 0.5) is 4.39 Å². The zero-order valence-corrected chi connectivity index (χ0v) is 14.7. The molecule has 0 unspecified atom stereocenters. The van der Waals surface area contributed by atoms with Gasteiger partial charge in [-0.25, -0.2) is 4.39 Å². The minimum absolute atomic E-state index is 0.00742. The number of carbonyl (C=O) groups excluding carboxylic acids is 3. The van der Waals surface area contributed by atoms with Crippen molar-refractivity contribution in [1.82, 2.24) is 9.80 Å². The molecule has 4 rings (SSSR count). The molecule has 1 fully saturated rings. The Bertz CT molecular complexity index is 892. The molecule has 0 radical (unpaired) electrons. The largest absolute Gasteiger partial charge is 0.338 e. The fraction of sp³-hybridized carbons (Fsp3) is 0.286. The number of fused-ring (bicyclic) bond motifs is 1. The highest BCUT2D eigenvalue weighted by atomic mass is 19.1. The predicted octanol–water partition coefficient (Wildman–Crippen LogP) is 2.66. The fourth-order valence-corrected chi connectivity index (χ4v) is 3.88. The minimum atomic E-state index is -0.371. The van der Waals surface area contributed by atoms with E-state index in [2.05, 4.69) is 0 Å². The molecule has 2 aromatic rings. The van der Waals surface area contributed by atoms with E-state index in [1.54, 1.807) is 41.3 Å². The third kappa shape index (κ3) is 3.23. The second-order valence-corrected chi connectivity index (χ2v) is 6.95. The molecular weight excluding hydrogens is 347 g/mol. The molecule has 0 N–H and O–H groups in total. The summed E-state index contributed by atoms with van der Waals surface area (Å²) < 4.78 is 13.6. The van der Waals surface area contributed by atoms with Crippen molar-refractivity contribution in [3.63, 3.8) is 0 Å². The molecule has 6 heteroatoms. The zero-order chi connectivity index (χ0) is 19.0. The first kappa shape index (κ1) is 17.4. The van der Waals surface area contributed by atoms with E-state index in [9.17, 15) is 18.8 Å². The molecule has 3 amide bonds. The van der Waals surface area contributed by atoms with E-state index in [0.29, 0.717) is 30.5 Å². The van der Waals surface area contributed by atoms with Gasteiger partial charge in [-0.15, -0.1) is 0 Å². The summed E-state index contributed by atoms with van der Waals surface area (Å²) in [5, 5.41) is 0. The summed E-state index contributed by atoms with van der Waals surface area (Å²) in [6.45, 7) is 0.691. The lowest BCUT2D eigenvalue weighted by Gasteiger charge is -2.31. The number of likely N-dealkylation sites (tertiary alicyclic amines) is 1. The van der Waals surface area contributed by atoms with Crippen LogP contribution >= 0.6 is 0 Å². The molecule has 0 spiro atoms. The Balaban J connectivity index is 1.61. The monoisotopic (exact) mass is 366 g/mol. The van der Waals surface area contributed by atoms with Crippen LogP contribution in [-0.4, -0.2) is 46.7 Å². The Kier molecular flexibility index (Phi) is 4.48. The number of halogens is 1. The lowest BCUT2D eigenvalue weighted by Crippen LogP contribution is -2.47. The van der Waals surface area contributed by atoms with Crippen LogP contribution in [0.5, 0.6) is 0 Å². The molecule has 2 aliphatic heterocycles.